The molecule has 0 amide bonds. The van der Waals surface area contributed by atoms with E-state index in [0.29, 0.717) is 10.5 Å². The monoisotopic (exact) mass is 147 g/mol. The highest BCUT2D eigenvalue weighted by Gasteiger charge is 2.21. The van der Waals surface area contributed by atoms with E-state index in [1.165, 1.54) is 0 Å². The normalized spacial score (nSPS) is 38.9. The molecule has 3 heteroatoms. The summed E-state index contributed by atoms with van der Waals surface area (Å²) in [6, 6.07) is 0. The SMILES string of the molecule is C[C@H]1CNC[C@H](C)S1=O. The molecule has 2 nitrogen and oxygen atoms in total. The van der Waals surface area contributed by atoms with E-state index in [0.717, 1.165) is 13.1 Å². The van der Waals surface area contributed by atoms with Crippen LogP contribution in [0, 0.1) is 0 Å². The fraction of sp³-hybridized carbons (Fsp3) is 1.00. The van der Waals surface area contributed by atoms with Gasteiger partial charge in [0.05, 0.1) is 0 Å². The van der Waals surface area contributed by atoms with Crippen molar-refractivity contribution in [3.8, 4) is 0 Å². The van der Waals surface area contributed by atoms with Crippen LogP contribution in [0.3, 0.4) is 0 Å². The molecule has 0 aliphatic carbocycles. The van der Waals surface area contributed by atoms with Crippen molar-refractivity contribution in [2.75, 3.05) is 13.1 Å². The molecule has 0 spiro atoms. The summed E-state index contributed by atoms with van der Waals surface area (Å²) in [5.41, 5.74) is 0. The van der Waals surface area contributed by atoms with Gasteiger partial charge in [-0.3, -0.25) is 4.21 Å². The molecule has 1 aliphatic rings. The molecule has 1 saturated heterocycles. The van der Waals surface area contributed by atoms with Gasteiger partial charge in [-0.2, -0.15) is 0 Å². The van der Waals surface area contributed by atoms with Crippen LogP contribution in [0.5, 0.6) is 0 Å². The third kappa shape index (κ3) is 1.52. The Labute approximate surface area is 58.5 Å². The summed E-state index contributed by atoms with van der Waals surface area (Å²) in [6.07, 6.45) is 0. The predicted molar refractivity (Wildman–Crippen MR) is 39.9 cm³/mol. The van der Waals surface area contributed by atoms with Crippen molar-refractivity contribution in [1.29, 1.82) is 0 Å². The smallest absolute Gasteiger partial charge is 0.0447 e. The lowest BCUT2D eigenvalue weighted by Gasteiger charge is -2.23. The minimum Gasteiger partial charge on any atom is -0.314 e. The van der Waals surface area contributed by atoms with Gasteiger partial charge >= 0.3 is 0 Å². The Hall–Kier alpha value is 0.110. The van der Waals surface area contributed by atoms with Gasteiger partial charge in [0, 0.05) is 34.4 Å². The summed E-state index contributed by atoms with van der Waals surface area (Å²) in [5, 5.41) is 3.90. The van der Waals surface area contributed by atoms with Gasteiger partial charge in [-0.05, 0) is 13.8 Å². The maximum Gasteiger partial charge on any atom is 0.0447 e. The van der Waals surface area contributed by atoms with Gasteiger partial charge in [-0.15, -0.1) is 0 Å². The summed E-state index contributed by atoms with van der Waals surface area (Å²) in [5.74, 6) is 0. The molecule has 0 radical (unpaired) electrons. The number of rotatable bonds is 0. The molecular formula is C6H13NOS. The van der Waals surface area contributed by atoms with Gasteiger partial charge in [0.25, 0.3) is 0 Å². The molecule has 1 heterocycles. The quantitative estimate of drug-likeness (QED) is 0.527. The van der Waals surface area contributed by atoms with Gasteiger partial charge in [0.15, 0.2) is 0 Å². The molecule has 1 aliphatic heterocycles. The average Bonchev–Trinajstić information content (AvgIpc) is 1.83. The van der Waals surface area contributed by atoms with Crippen LogP contribution in [0.2, 0.25) is 0 Å². The lowest BCUT2D eigenvalue weighted by Crippen LogP contribution is -2.43. The third-order valence-electron chi connectivity index (χ3n) is 1.66. The van der Waals surface area contributed by atoms with Crippen LogP contribution >= 0.6 is 0 Å². The lowest BCUT2D eigenvalue weighted by molar-refractivity contribution is 0.594. The van der Waals surface area contributed by atoms with E-state index in [2.05, 4.69) is 5.32 Å². The van der Waals surface area contributed by atoms with Crippen molar-refractivity contribution in [2.24, 2.45) is 0 Å². The van der Waals surface area contributed by atoms with Gasteiger partial charge in [-0.1, -0.05) is 0 Å². The molecule has 9 heavy (non-hydrogen) atoms. The van der Waals surface area contributed by atoms with Crippen molar-refractivity contribution in [3.05, 3.63) is 0 Å². The summed E-state index contributed by atoms with van der Waals surface area (Å²) < 4.78 is 11.2. The molecule has 1 rings (SSSR count). The van der Waals surface area contributed by atoms with E-state index >= 15 is 0 Å². The minimum atomic E-state index is -0.592. The van der Waals surface area contributed by atoms with Crippen LogP contribution in [-0.4, -0.2) is 27.8 Å². The van der Waals surface area contributed by atoms with Crippen molar-refractivity contribution in [2.45, 2.75) is 24.3 Å². The van der Waals surface area contributed by atoms with Crippen molar-refractivity contribution < 1.29 is 4.21 Å². The summed E-state index contributed by atoms with van der Waals surface area (Å²) in [6.45, 7) is 5.88. The molecule has 0 aromatic carbocycles. The zero-order valence-corrected chi connectivity index (χ0v) is 6.70. The standard InChI is InChI=1S/C6H13NOS/c1-5-3-7-4-6(2)9(5)8/h5-7H,3-4H2,1-2H3/t5-,6-/m0/s1. The molecule has 2 atom stereocenters. The summed E-state index contributed by atoms with van der Waals surface area (Å²) >= 11 is 0. The second-order valence-electron chi connectivity index (χ2n) is 2.61. The van der Waals surface area contributed by atoms with E-state index in [9.17, 15) is 4.21 Å². The molecule has 1 N–H and O–H groups in total. The molecule has 0 saturated carbocycles. The van der Waals surface area contributed by atoms with Crippen LogP contribution in [-0.2, 0) is 10.8 Å². The van der Waals surface area contributed by atoms with Crippen LogP contribution < -0.4 is 5.32 Å². The second-order valence-corrected chi connectivity index (χ2v) is 4.87. The van der Waals surface area contributed by atoms with Gasteiger partial charge in [0.1, 0.15) is 0 Å². The Morgan fingerprint density at radius 1 is 1.33 bits per heavy atom. The van der Waals surface area contributed by atoms with Gasteiger partial charge in [-0.25, -0.2) is 0 Å². The predicted octanol–water partition coefficient (Wildman–Crippen LogP) is 0.115. The second kappa shape index (κ2) is 2.80. The van der Waals surface area contributed by atoms with E-state index in [1.807, 2.05) is 13.8 Å². The van der Waals surface area contributed by atoms with Crippen molar-refractivity contribution in [3.63, 3.8) is 0 Å². The third-order valence-corrected chi connectivity index (χ3v) is 3.58. The highest BCUT2D eigenvalue weighted by molar-refractivity contribution is 7.86. The Bertz CT molecular complexity index is 114. The molecular weight excluding hydrogens is 134 g/mol. The number of hydrogen-bond acceptors (Lipinski definition) is 2. The van der Waals surface area contributed by atoms with Gasteiger partial charge in [0.2, 0.25) is 0 Å². The highest BCUT2D eigenvalue weighted by Crippen LogP contribution is 2.06. The Morgan fingerprint density at radius 2 is 1.78 bits per heavy atom. The first kappa shape index (κ1) is 7.22. The highest BCUT2D eigenvalue weighted by atomic mass is 32.2. The van der Waals surface area contributed by atoms with E-state index in [4.69, 9.17) is 0 Å². The topological polar surface area (TPSA) is 29.1 Å². The Balaban J connectivity index is 2.52. The zero-order chi connectivity index (χ0) is 6.85. The fourth-order valence-electron chi connectivity index (χ4n) is 1.05. The molecule has 1 fully saturated rings. The zero-order valence-electron chi connectivity index (χ0n) is 5.89. The molecule has 0 unspecified atom stereocenters. The van der Waals surface area contributed by atoms with E-state index < -0.39 is 10.8 Å². The Morgan fingerprint density at radius 3 is 2.11 bits per heavy atom. The van der Waals surface area contributed by atoms with E-state index in [1.54, 1.807) is 0 Å². The lowest BCUT2D eigenvalue weighted by atomic mass is 10.4. The molecule has 0 aromatic heterocycles. The van der Waals surface area contributed by atoms with Crippen molar-refractivity contribution >= 4 is 10.8 Å². The van der Waals surface area contributed by atoms with E-state index in [-0.39, 0.29) is 0 Å². The first-order chi connectivity index (χ1) is 4.22. The summed E-state index contributed by atoms with van der Waals surface area (Å²) in [4.78, 5) is 0. The average molecular weight is 147 g/mol. The van der Waals surface area contributed by atoms with Crippen LogP contribution in [0.1, 0.15) is 13.8 Å². The van der Waals surface area contributed by atoms with Crippen molar-refractivity contribution in [1.82, 2.24) is 5.32 Å². The summed E-state index contributed by atoms with van der Waals surface area (Å²) in [7, 11) is -0.592. The fourth-order valence-corrected chi connectivity index (χ4v) is 2.41. The van der Waals surface area contributed by atoms with Crippen LogP contribution in [0.25, 0.3) is 0 Å². The van der Waals surface area contributed by atoms with Crippen LogP contribution in [0.15, 0.2) is 0 Å². The maximum atomic E-state index is 11.2. The first-order valence-electron chi connectivity index (χ1n) is 3.32. The molecule has 0 bridgehead atoms. The largest absolute Gasteiger partial charge is 0.314 e. The van der Waals surface area contributed by atoms with Gasteiger partial charge < -0.3 is 5.32 Å². The minimum absolute atomic E-state index is 0.341. The molecule has 0 aromatic rings. The first-order valence-corrected chi connectivity index (χ1v) is 4.59. The number of hydrogen-bond donors (Lipinski definition) is 1. The Kier molecular flexibility index (Phi) is 2.24. The van der Waals surface area contributed by atoms with Crippen LogP contribution in [0.4, 0.5) is 0 Å². The number of nitrogens with one attached hydrogen (secondary N) is 1. The maximum absolute atomic E-state index is 11.2. The molecule has 54 valence electrons.